The number of nitrogens with zero attached hydrogens (tertiary/aromatic N) is 1. The zero-order chi connectivity index (χ0) is 30.7. The average Bonchev–Trinajstić information content (AvgIpc) is 2.90. The van der Waals surface area contributed by atoms with Gasteiger partial charge in [0.15, 0.2) is 5.78 Å². The third-order valence-electron chi connectivity index (χ3n) is 7.49. The smallest absolute Gasteiger partial charge is 0.161 e. The van der Waals surface area contributed by atoms with Gasteiger partial charge in [-0.05, 0) is 78.0 Å². The normalized spacial score (nSPS) is 13.1. The predicted octanol–water partition coefficient (Wildman–Crippen LogP) is 10.4. The fourth-order valence-corrected chi connectivity index (χ4v) is 4.84. The van der Waals surface area contributed by atoms with Gasteiger partial charge in [0.25, 0.3) is 0 Å². The van der Waals surface area contributed by atoms with Gasteiger partial charge in [0.05, 0.1) is 5.76 Å². The number of aliphatic hydroxyl groups is 1. The van der Waals surface area contributed by atoms with Crippen molar-refractivity contribution in [1.82, 2.24) is 4.98 Å². The Balaban J connectivity index is 0.000000537. The van der Waals surface area contributed by atoms with E-state index in [1.807, 2.05) is 33.9 Å². The van der Waals surface area contributed by atoms with Crippen LogP contribution in [0.4, 0.5) is 0 Å². The van der Waals surface area contributed by atoms with Crippen LogP contribution in [0.2, 0.25) is 0 Å². The van der Waals surface area contributed by atoms with Gasteiger partial charge in [-0.1, -0.05) is 87.4 Å². The van der Waals surface area contributed by atoms with E-state index in [0.717, 1.165) is 43.4 Å². The van der Waals surface area contributed by atoms with Crippen molar-refractivity contribution in [1.29, 1.82) is 0 Å². The molecule has 0 bridgehead atoms. The topological polar surface area (TPSA) is 50.2 Å². The second kappa shape index (κ2) is 18.4. The molecule has 1 N–H and O–H groups in total. The molecule has 1 heterocycles. The molecule has 3 aromatic rings. The Morgan fingerprint density at radius 3 is 1.98 bits per heavy atom. The molecular formula is C38H54IrNO2-. The summed E-state index contributed by atoms with van der Waals surface area (Å²) in [7, 11) is 0. The molecule has 0 aliphatic rings. The van der Waals surface area contributed by atoms with Crippen molar-refractivity contribution in [2.45, 2.75) is 101 Å². The number of carbonyl (C=O) groups excluding carboxylic acids is 1. The number of ketones is 1. The van der Waals surface area contributed by atoms with Crippen LogP contribution in [0.1, 0.15) is 98.8 Å². The monoisotopic (exact) mass is 749 g/mol. The molecule has 3 nitrogen and oxygen atoms in total. The van der Waals surface area contributed by atoms with E-state index in [-0.39, 0.29) is 43.5 Å². The van der Waals surface area contributed by atoms with Crippen molar-refractivity contribution in [3.63, 3.8) is 0 Å². The molecule has 3 rings (SSSR count). The number of rotatable bonds is 12. The first-order valence-corrected chi connectivity index (χ1v) is 15.7. The fourth-order valence-electron chi connectivity index (χ4n) is 4.84. The van der Waals surface area contributed by atoms with Crippen LogP contribution >= 0.6 is 0 Å². The third kappa shape index (κ3) is 12.1. The number of carbonyl (C=O) groups is 1. The number of hydrogen-bond donors (Lipinski definition) is 1. The van der Waals surface area contributed by atoms with E-state index in [9.17, 15) is 9.90 Å². The van der Waals surface area contributed by atoms with E-state index >= 15 is 0 Å². The number of pyridine rings is 1. The summed E-state index contributed by atoms with van der Waals surface area (Å²) in [6.45, 7) is 21.4. The molecule has 0 aliphatic heterocycles. The van der Waals surface area contributed by atoms with Crippen molar-refractivity contribution < 1.29 is 30.0 Å². The summed E-state index contributed by atoms with van der Waals surface area (Å²) in [6, 6.07) is 17.3. The maximum Gasteiger partial charge on any atom is 0.161 e. The Labute approximate surface area is 270 Å². The summed E-state index contributed by atoms with van der Waals surface area (Å²) in [4.78, 5) is 16.1. The maximum atomic E-state index is 11.4. The zero-order valence-electron chi connectivity index (χ0n) is 27.7. The molecule has 0 fully saturated rings. The summed E-state index contributed by atoms with van der Waals surface area (Å²) in [5.41, 5.74) is 6.30. The number of hydrogen-bond acceptors (Lipinski definition) is 3. The zero-order valence-corrected chi connectivity index (χ0v) is 30.1. The summed E-state index contributed by atoms with van der Waals surface area (Å²) in [5, 5.41) is 12.0. The molecule has 0 spiro atoms. The standard InChI is InChI=1S/C27H34N.C11H20O2.Ir/c1-18(2)11-21-7-8-26-24(15-21)9-10-28-27(26)25-16-22(12-19(3)4)14-23(17-25)13-20(5)6;1-5-8(3)10(12)7-11(13)9(4)6-2;/h7-10,14-16,18-20H,11-13H2,1-6H3;7-9,12H,5-6H2,1-4H3;/q-1;;/b;10-7-;. The van der Waals surface area contributed by atoms with Crippen LogP contribution in [0.3, 0.4) is 0 Å². The summed E-state index contributed by atoms with van der Waals surface area (Å²) in [5.74, 6) is 2.28. The second-order valence-corrected chi connectivity index (χ2v) is 13.0. The van der Waals surface area contributed by atoms with Crippen molar-refractivity contribution in [2.75, 3.05) is 0 Å². The van der Waals surface area contributed by atoms with Gasteiger partial charge in [0.1, 0.15) is 0 Å². The Morgan fingerprint density at radius 2 is 1.40 bits per heavy atom. The van der Waals surface area contributed by atoms with Crippen LogP contribution in [-0.4, -0.2) is 15.9 Å². The van der Waals surface area contributed by atoms with E-state index in [0.29, 0.717) is 17.8 Å². The molecule has 0 amide bonds. The number of benzene rings is 2. The molecule has 2 atom stereocenters. The second-order valence-electron chi connectivity index (χ2n) is 13.0. The molecule has 1 radical (unpaired) electrons. The van der Waals surface area contributed by atoms with Gasteiger partial charge in [-0.15, -0.1) is 34.9 Å². The average molecular weight is 749 g/mol. The van der Waals surface area contributed by atoms with Crippen LogP contribution < -0.4 is 0 Å². The van der Waals surface area contributed by atoms with Crippen molar-refractivity contribution in [3.8, 4) is 11.3 Å². The van der Waals surface area contributed by atoms with Gasteiger partial charge in [0, 0.05) is 44.2 Å². The van der Waals surface area contributed by atoms with Crippen molar-refractivity contribution in [2.24, 2.45) is 29.6 Å². The summed E-state index contributed by atoms with van der Waals surface area (Å²) < 4.78 is 0. The Kier molecular flexibility index (Phi) is 16.5. The first kappa shape index (κ1) is 37.7. The van der Waals surface area contributed by atoms with E-state index in [1.54, 1.807) is 0 Å². The largest absolute Gasteiger partial charge is 0.512 e. The molecule has 2 unspecified atom stereocenters. The van der Waals surface area contributed by atoms with E-state index in [2.05, 4.69) is 84.0 Å². The van der Waals surface area contributed by atoms with E-state index in [4.69, 9.17) is 4.98 Å². The molecule has 1 aromatic heterocycles. The summed E-state index contributed by atoms with van der Waals surface area (Å²) in [6.07, 6.45) is 8.27. The number of aliphatic hydroxyl groups excluding tert-OH is 1. The van der Waals surface area contributed by atoms with Crippen LogP contribution in [0.15, 0.2) is 54.4 Å². The quantitative estimate of drug-likeness (QED) is 0.114. The number of aromatic nitrogens is 1. The molecule has 233 valence electrons. The van der Waals surface area contributed by atoms with Crippen LogP contribution in [0.5, 0.6) is 0 Å². The first-order chi connectivity index (χ1) is 19.3. The van der Waals surface area contributed by atoms with Gasteiger partial charge in [-0.2, -0.15) is 0 Å². The molecule has 4 heteroatoms. The molecule has 42 heavy (non-hydrogen) atoms. The number of allylic oxidation sites excluding steroid dienone is 2. The van der Waals surface area contributed by atoms with Gasteiger partial charge in [-0.3, -0.25) is 4.79 Å². The van der Waals surface area contributed by atoms with Crippen LogP contribution in [0.25, 0.3) is 22.0 Å². The maximum absolute atomic E-state index is 11.4. The molecule has 0 aliphatic carbocycles. The molecule has 0 saturated heterocycles. The van der Waals surface area contributed by atoms with E-state index in [1.165, 1.54) is 33.5 Å². The van der Waals surface area contributed by atoms with Crippen LogP contribution in [0, 0.1) is 35.7 Å². The van der Waals surface area contributed by atoms with Gasteiger partial charge < -0.3 is 10.1 Å². The SMILES string of the molecule is CC(C)Cc1[c-]c(-c2nccc3cc(CC(C)C)ccc23)cc(CC(C)C)c1.CCC(C)C(=O)/C=C(\O)C(C)CC.[Ir]. The minimum absolute atomic E-state index is 0. The number of fused-ring (bicyclic) bond motifs is 1. The molecular weight excluding hydrogens is 695 g/mol. The van der Waals surface area contributed by atoms with Gasteiger partial charge in [0.2, 0.25) is 0 Å². The Bertz CT molecular complexity index is 1260. The minimum Gasteiger partial charge on any atom is -0.512 e. The summed E-state index contributed by atoms with van der Waals surface area (Å²) >= 11 is 0. The van der Waals surface area contributed by atoms with Crippen molar-refractivity contribution >= 4 is 16.6 Å². The molecule has 2 aromatic carbocycles. The van der Waals surface area contributed by atoms with Gasteiger partial charge in [-0.25, -0.2) is 0 Å². The van der Waals surface area contributed by atoms with Crippen LogP contribution in [-0.2, 0) is 44.2 Å². The predicted molar refractivity (Wildman–Crippen MR) is 176 cm³/mol. The Morgan fingerprint density at radius 1 is 0.810 bits per heavy atom. The first-order valence-electron chi connectivity index (χ1n) is 15.7. The molecule has 0 saturated carbocycles. The van der Waals surface area contributed by atoms with Gasteiger partial charge >= 0.3 is 0 Å². The van der Waals surface area contributed by atoms with E-state index < -0.39 is 0 Å². The van der Waals surface area contributed by atoms with Crippen molar-refractivity contribution in [3.05, 3.63) is 77.2 Å². The fraction of sp³-hybridized carbons (Fsp3) is 0.526. The Hall–Kier alpha value is -2.29. The minimum atomic E-state index is 0. The third-order valence-corrected chi connectivity index (χ3v) is 7.49.